The van der Waals surface area contributed by atoms with Gasteiger partial charge in [-0.1, -0.05) is 11.6 Å². The van der Waals surface area contributed by atoms with Gasteiger partial charge in [0, 0.05) is 25.0 Å². The molecular formula is C24H26ClFN6O3. The lowest BCUT2D eigenvalue weighted by atomic mass is 9.85. The van der Waals surface area contributed by atoms with Crippen LogP contribution in [-0.4, -0.2) is 58.8 Å². The number of nitrogens with zero attached hydrogens (tertiary/aromatic N) is 4. The molecule has 184 valence electrons. The summed E-state index contributed by atoms with van der Waals surface area (Å²) in [5, 5.41) is 10.7. The Kier molecular flexibility index (Phi) is 6.83. The first kappa shape index (κ1) is 23.5. The summed E-state index contributed by atoms with van der Waals surface area (Å²) in [5.74, 6) is -0.263. The van der Waals surface area contributed by atoms with Crippen LogP contribution in [0.15, 0.2) is 36.5 Å². The second-order valence-electron chi connectivity index (χ2n) is 8.84. The molecule has 0 atom stereocenters. The van der Waals surface area contributed by atoms with Crippen molar-refractivity contribution in [3.8, 4) is 0 Å². The van der Waals surface area contributed by atoms with E-state index in [2.05, 4.69) is 25.6 Å². The van der Waals surface area contributed by atoms with Crippen molar-refractivity contribution in [2.24, 2.45) is 5.92 Å². The summed E-state index contributed by atoms with van der Waals surface area (Å²) in [7, 11) is 0. The molecule has 0 spiro atoms. The molecule has 1 aliphatic carbocycles. The van der Waals surface area contributed by atoms with Gasteiger partial charge in [0.25, 0.3) is 5.91 Å². The van der Waals surface area contributed by atoms with Gasteiger partial charge in [-0.3, -0.25) is 9.59 Å². The van der Waals surface area contributed by atoms with Gasteiger partial charge in [0.2, 0.25) is 5.91 Å². The van der Waals surface area contributed by atoms with Crippen molar-refractivity contribution < 1.29 is 18.7 Å². The van der Waals surface area contributed by atoms with Crippen LogP contribution in [0.5, 0.6) is 0 Å². The van der Waals surface area contributed by atoms with Crippen LogP contribution >= 0.6 is 11.6 Å². The van der Waals surface area contributed by atoms with Crippen molar-refractivity contribution in [2.75, 3.05) is 36.5 Å². The summed E-state index contributed by atoms with van der Waals surface area (Å²) < 4.78 is 20.2. The number of ether oxygens (including phenoxy) is 1. The van der Waals surface area contributed by atoms with Gasteiger partial charge in [0.05, 0.1) is 30.1 Å². The largest absolute Gasteiger partial charge is 0.378 e. The average Bonchev–Trinajstić information content (AvgIpc) is 3.30. The first-order chi connectivity index (χ1) is 17.0. The third-order valence-corrected chi connectivity index (χ3v) is 6.85. The topological polar surface area (TPSA) is 101 Å². The van der Waals surface area contributed by atoms with Crippen molar-refractivity contribution in [3.05, 3.63) is 53.1 Å². The van der Waals surface area contributed by atoms with E-state index in [1.165, 1.54) is 24.4 Å². The predicted octanol–water partition coefficient (Wildman–Crippen LogP) is 3.29. The molecule has 0 bridgehead atoms. The summed E-state index contributed by atoms with van der Waals surface area (Å²) in [6.07, 6.45) is 4.13. The fourth-order valence-corrected chi connectivity index (χ4v) is 4.78. The Balaban J connectivity index is 1.18. The molecule has 2 aliphatic rings. The maximum atomic E-state index is 13.2. The minimum Gasteiger partial charge on any atom is -0.378 e. The number of benzene rings is 1. The minimum absolute atomic E-state index is 0.0473. The molecule has 1 saturated heterocycles. The number of carbonyl (C=O) groups excluding carboxylic acids is 2. The molecule has 0 radical (unpaired) electrons. The van der Waals surface area contributed by atoms with Gasteiger partial charge < -0.3 is 20.3 Å². The normalized spacial score (nSPS) is 20.6. The summed E-state index contributed by atoms with van der Waals surface area (Å²) >= 11 is 6.01. The molecule has 5 rings (SSSR count). The number of aromatic nitrogens is 3. The standard InChI is InChI=1S/C24H26ClFN6O3/c25-18-13-16(26)3-6-19(18)29-23(33)15-1-4-17(5-2-15)28-24(34)20-14-27-21-7-8-22(30-32(20)21)31-9-11-35-12-10-31/h3,6-8,13-15,17H,1-2,4-5,9-12H2,(H,28,34)(H,29,33)/t15-,17-. The van der Waals surface area contributed by atoms with E-state index >= 15 is 0 Å². The molecule has 1 saturated carbocycles. The van der Waals surface area contributed by atoms with E-state index in [1.54, 1.807) is 4.52 Å². The number of anilines is 2. The predicted molar refractivity (Wildman–Crippen MR) is 129 cm³/mol. The van der Waals surface area contributed by atoms with Crippen molar-refractivity contribution in [2.45, 2.75) is 31.7 Å². The van der Waals surface area contributed by atoms with Gasteiger partial charge in [-0.05, 0) is 56.0 Å². The number of hydrogen-bond acceptors (Lipinski definition) is 6. The van der Waals surface area contributed by atoms with Gasteiger partial charge in [0.1, 0.15) is 11.6 Å². The van der Waals surface area contributed by atoms with Crippen LogP contribution < -0.4 is 15.5 Å². The number of carbonyl (C=O) groups is 2. The van der Waals surface area contributed by atoms with Gasteiger partial charge in [0.15, 0.2) is 11.3 Å². The molecule has 2 aromatic heterocycles. The van der Waals surface area contributed by atoms with Crippen LogP contribution in [-0.2, 0) is 9.53 Å². The minimum atomic E-state index is -0.456. The van der Waals surface area contributed by atoms with Crippen LogP contribution in [0.25, 0.3) is 5.65 Å². The van der Waals surface area contributed by atoms with Crippen LogP contribution in [0.1, 0.15) is 36.2 Å². The van der Waals surface area contributed by atoms with Gasteiger partial charge in [-0.2, -0.15) is 0 Å². The summed E-state index contributed by atoms with van der Waals surface area (Å²) in [5.41, 5.74) is 1.37. The monoisotopic (exact) mass is 500 g/mol. The highest BCUT2D eigenvalue weighted by Gasteiger charge is 2.28. The highest BCUT2D eigenvalue weighted by atomic mass is 35.5. The van der Waals surface area contributed by atoms with Crippen molar-refractivity contribution >= 4 is 40.6 Å². The van der Waals surface area contributed by atoms with Crippen LogP contribution in [0.2, 0.25) is 5.02 Å². The number of imidazole rings is 1. The zero-order chi connectivity index (χ0) is 24.4. The van der Waals surface area contributed by atoms with Crippen LogP contribution in [0, 0.1) is 11.7 Å². The van der Waals surface area contributed by atoms with E-state index in [-0.39, 0.29) is 28.8 Å². The van der Waals surface area contributed by atoms with Crippen molar-refractivity contribution in [1.82, 2.24) is 19.9 Å². The molecule has 2 fully saturated rings. The van der Waals surface area contributed by atoms with Gasteiger partial charge >= 0.3 is 0 Å². The highest BCUT2D eigenvalue weighted by molar-refractivity contribution is 6.33. The summed E-state index contributed by atoms with van der Waals surface area (Å²) in [6.45, 7) is 2.79. The molecule has 9 nitrogen and oxygen atoms in total. The van der Waals surface area contributed by atoms with Crippen molar-refractivity contribution in [3.63, 3.8) is 0 Å². The zero-order valence-corrected chi connectivity index (χ0v) is 19.8. The molecule has 1 aromatic carbocycles. The first-order valence-corrected chi connectivity index (χ1v) is 12.1. The molecule has 0 unspecified atom stereocenters. The molecule has 1 aliphatic heterocycles. The Morgan fingerprint density at radius 3 is 2.60 bits per heavy atom. The van der Waals surface area contributed by atoms with E-state index < -0.39 is 5.82 Å². The molecule has 3 aromatic rings. The smallest absolute Gasteiger partial charge is 0.271 e. The zero-order valence-electron chi connectivity index (χ0n) is 19.0. The van der Waals surface area contributed by atoms with Crippen LogP contribution in [0.3, 0.4) is 0 Å². The third-order valence-electron chi connectivity index (χ3n) is 6.54. The second kappa shape index (κ2) is 10.2. The van der Waals surface area contributed by atoms with E-state index in [4.69, 9.17) is 16.3 Å². The molecule has 3 heterocycles. The van der Waals surface area contributed by atoms with Crippen molar-refractivity contribution in [1.29, 1.82) is 0 Å². The number of rotatable bonds is 5. The number of nitrogens with one attached hydrogen (secondary N) is 2. The molecule has 11 heteroatoms. The Bertz CT molecular complexity index is 1240. The fraction of sp³-hybridized carbons (Fsp3) is 0.417. The number of hydrogen-bond donors (Lipinski definition) is 2. The molecule has 35 heavy (non-hydrogen) atoms. The number of morpholine rings is 1. The SMILES string of the molecule is O=C(N[C@H]1CC[C@H](C(=O)Nc2ccc(F)cc2Cl)CC1)c1cnc2ccc(N3CCOCC3)nn12. The Hall–Kier alpha value is -3.24. The van der Waals surface area contributed by atoms with E-state index in [0.717, 1.165) is 18.9 Å². The Morgan fingerprint density at radius 2 is 1.86 bits per heavy atom. The summed E-state index contributed by atoms with van der Waals surface area (Å²) in [4.78, 5) is 32.1. The highest BCUT2D eigenvalue weighted by Crippen LogP contribution is 2.28. The summed E-state index contributed by atoms with van der Waals surface area (Å²) in [6, 6.07) is 7.59. The maximum Gasteiger partial charge on any atom is 0.271 e. The Morgan fingerprint density at radius 1 is 1.09 bits per heavy atom. The van der Waals surface area contributed by atoms with E-state index in [1.807, 2.05) is 12.1 Å². The second-order valence-corrected chi connectivity index (χ2v) is 9.25. The first-order valence-electron chi connectivity index (χ1n) is 11.7. The Labute approximate surface area is 206 Å². The quantitative estimate of drug-likeness (QED) is 0.557. The fourth-order valence-electron chi connectivity index (χ4n) is 4.56. The molecule has 2 amide bonds. The maximum absolute atomic E-state index is 13.2. The lowest BCUT2D eigenvalue weighted by Gasteiger charge is -2.28. The van der Waals surface area contributed by atoms with Crippen LogP contribution in [0.4, 0.5) is 15.9 Å². The number of halogens is 2. The molecule has 2 N–H and O–H groups in total. The lowest BCUT2D eigenvalue weighted by Crippen LogP contribution is -2.40. The van der Waals surface area contributed by atoms with E-state index in [9.17, 15) is 14.0 Å². The van der Waals surface area contributed by atoms with Gasteiger partial charge in [-0.15, -0.1) is 5.10 Å². The number of amides is 2. The average molecular weight is 501 g/mol. The van der Waals surface area contributed by atoms with Gasteiger partial charge in [-0.25, -0.2) is 13.9 Å². The number of fused-ring (bicyclic) bond motifs is 1. The molecular weight excluding hydrogens is 475 g/mol. The van der Waals surface area contributed by atoms with E-state index in [0.29, 0.717) is 55.9 Å². The third kappa shape index (κ3) is 5.23. The lowest BCUT2D eigenvalue weighted by molar-refractivity contribution is -0.120.